The van der Waals surface area contributed by atoms with Crippen molar-refractivity contribution in [3.05, 3.63) is 35.4 Å². The highest BCUT2D eigenvalue weighted by molar-refractivity contribution is 5.22. The molecule has 1 aromatic rings. The molecule has 1 aromatic carbocycles. The van der Waals surface area contributed by atoms with Gasteiger partial charge in [-0.25, -0.2) is 0 Å². The number of hydrogen-bond acceptors (Lipinski definition) is 4. The van der Waals surface area contributed by atoms with E-state index in [9.17, 15) is 0 Å². The van der Waals surface area contributed by atoms with Gasteiger partial charge in [0.2, 0.25) is 0 Å². The topological polar surface area (TPSA) is 36.9 Å². The van der Waals surface area contributed by atoms with E-state index in [0.29, 0.717) is 18.1 Å². The molecule has 2 aliphatic heterocycles. The van der Waals surface area contributed by atoms with E-state index in [0.717, 1.165) is 58.7 Å². The van der Waals surface area contributed by atoms with E-state index in [1.54, 1.807) is 0 Å². The van der Waals surface area contributed by atoms with Crippen molar-refractivity contribution in [3.8, 4) is 0 Å². The van der Waals surface area contributed by atoms with Crippen LogP contribution in [-0.2, 0) is 32.0 Å². The van der Waals surface area contributed by atoms with Crippen LogP contribution >= 0.6 is 0 Å². The van der Waals surface area contributed by atoms with Crippen LogP contribution in [0.2, 0.25) is 0 Å². The van der Waals surface area contributed by atoms with Crippen LogP contribution in [0, 0.1) is 10.8 Å². The molecule has 2 fully saturated rings. The minimum absolute atomic E-state index is 0.223. The van der Waals surface area contributed by atoms with Gasteiger partial charge in [-0.1, -0.05) is 45.0 Å². The summed E-state index contributed by atoms with van der Waals surface area (Å²) in [5.41, 5.74) is 3.17. The van der Waals surface area contributed by atoms with E-state index in [1.165, 1.54) is 17.5 Å². The van der Waals surface area contributed by atoms with Crippen LogP contribution in [0.25, 0.3) is 0 Å². The van der Waals surface area contributed by atoms with Crippen molar-refractivity contribution < 1.29 is 18.9 Å². The van der Waals surface area contributed by atoms with Gasteiger partial charge in [0.15, 0.2) is 0 Å². The molecular formula is C25H40O4. The summed E-state index contributed by atoms with van der Waals surface area (Å²) in [5.74, 6) is 0. The molecule has 2 aliphatic rings. The van der Waals surface area contributed by atoms with Crippen molar-refractivity contribution in [3.63, 3.8) is 0 Å². The van der Waals surface area contributed by atoms with Gasteiger partial charge < -0.3 is 18.9 Å². The Kier molecular flexibility index (Phi) is 8.15. The normalized spacial score (nSPS) is 21.8. The van der Waals surface area contributed by atoms with Gasteiger partial charge in [0.1, 0.15) is 0 Å². The number of hydrogen-bond donors (Lipinski definition) is 0. The lowest BCUT2D eigenvalue weighted by atomic mass is 9.77. The van der Waals surface area contributed by atoms with Gasteiger partial charge >= 0.3 is 0 Å². The molecule has 3 rings (SSSR count). The highest BCUT2D eigenvalue weighted by Gasteiger charge is 2.39. The molecule has 0 aromatic heterocycles. The van der Waals surface area contributed by atoms with Crippen LogP contribution in [0.5, 0.6) is 0 Å². The Balaban J connectivity index is 1.41. The Labute approximate surface area is 177 Å². The highest BCUT2D eigenvalue weighted by Crippen LogP contribution is 2.37. The van der Waals surface area contributed by atoms with Gasteiger partial charge in [-0.3, -0.25) is 0 Å². The average molecular weight is 405 g/mol. The minimum Gasteiger partial charge on any atom is -0.380 e. The van der Waals surface area contributed by atoms with Crippen molar-refractivity contribution in [1.29, 1.82) is 0 Å². The summed E-state index contributed by atoms with van der Waals surface area (Å²) in [6.45, 7) is 13.8. The molecule has 2 unspecified atom stereocenters. The van der Waals surface area contributed by atoms with Crippen LogP contribution in [-0.4, -0.2) is 45.2 Å². The molecule has 0 radical (unpaired) electrons. The fourth-order valence-corrected chi connectivity index (χ4v) is 4.14. The molecular weight excluding hydrogens is 364 g/mol. The standard InChI is InChI=1S/C25H40O4/c1-5-23(13-24(6-2)15-26-16-24)28-14-22-10-8-21(9-11-22)12-20(4)29-19-25(7-3)17-27-18-25/h8-11,20,23H,5-7,12-19H2,1-4H3. The quantitative estimate of drug-likeness (QED) is 0.454. The zero-order valence-corrected chi connectivity index (χ0v) is 18.9. The third-order valence-electron chi connectivity index (χ3n) is 6.95. The second-order valence-corrected chi connectivity index (χ2v) is 9.38. The number of rotatable bonds is 13. The zero-order valence-electron chi connectivity index (χ0n) is 18.9. The summed E-state index contributed by atoms with van der Waals surface area (Å²) >= 11 is 0. The lowest BCUT2D eigenvalue weighted by Gasteiger charge is -2.42. The van der Waals surface area contributed by atoms with Gasteiger partial charge in [0.05, 0.1) is 51.8 Å². The molecule has 2 saturated heterocycles. The van der Waals surface area contributed by atoms with Gasteiger partial charge in [0.25, 0.3) is 0 Å². The SMILES string of the molecule is CCC(CC1(CC)COC1)OCc1ccc(CC(C)OCC2(CC)COC2)cc1. The maximum atomic E-state index is 6.25. The fraction of sp³-hybridized carbons (Fsp3) is 0.760. The maximum absolute atomic E-state index is 6.25. The van der Waals surface area contributed by atoms with Gasteiger partial charge in [0, 0.05) is 10.8 Å². The second kappa shape index (κ2) is 10.4. The van der Waals surface area contributed by atoms with Crippen LogP contribution in [0.15, 0.2) is 24.3 Å². The minimum atomic E-state index is 0.223. The predicted octanol–water partition coefficient (Wildman–Crippen LogP) is 5.17. The molecule has 4 nitrogen and oxygen atoms in total. The molecule has 0 aliphatic carbocycles. The van der Waals surface area contributed by atoms with Crippen molar-refractivity contribution >= 4 is 0 Å². The predicted molar refractivity (Wildman–Crippen MR) is 116 cm³/mol. The Morgan fingerprint density at radius 2 is 1.45 bits per heavy atom. The summed E-state index contributed by atoms with van der Waals surface area (Å²) in [4.78, 5) is 0. The Hall–Kier alpha value is -0.940. The first-order valence-corrected chi connectivity index (χ1v) is 11.5. The molecule has 2 heterocycles. The monoisotopic (exact) mass is 404 g/mol. The molecule has 0 amide bonds. The fourth-order valence-electron chi connectivity index (χ4n) is 4.14. The summed E-state index contributed by atoms with van der Waals surface area (Å²) in [6.07, 6.45) is 5.94. The Morgan fingerprint density at radius 1 is 0.862 bits per heavy atom. The van der Waals surface area contributed by atoms with Crippen LogP contribution < -0.4 is 0 Å². The van der Waals surface area contributed by atoms with Crippen LogP contribution in [0.4, 0.5) is 0 Å². The largest absolute Gasteiger partial charge is 0.380 e. The number of ether oxygens (including phenoxy) is 4. The third kappa shape index (κ3) is 6.04. The molecule has 2 atom stereocenters. The third-order valence-corrected chi connectivity index (χ3v) is 6.95. The highest BCUT2D eigenvalue weighted by atomic mass is 16.5. The molecule has 4 heteroatoms. The summed E-state index contributed by atoms with van der Waals surface area (Å²) in [6, 6.07) is 8.83. The van der Waals surface area contributed by atoms with E-state index in [4.69, 9.17) is 18.9 Å². The van der Waals surface area contributed by atoms with Gasteiger partial charge in [-0.15, -0.1) is 0 Å². The first-order chi connectivity index (χ1) is 14.0. The molecule has 29 heavy (non-hydrogen) atoms. The molecule has 0 saturated carbocycles. The molecule has 0 bridgehead atoms. The molecule has 164 valence electrons. The van der Waals surface area contributed by atoms with E-state index >= 15 is 0 Å². The summed E-state index contributed by atoms with van der Waals surface area (Å²) in [7, 11) is 0. The van der Waals surface area contributed by atoms with Gasteiger partial charge in [-0.05, 0) is 50.2 Å². The maximum Gasteiger partial charge on any atom is 0.0720 e. The van der Waals surface area contributed by atoms with Crippen molar-refractivity contribution in [2.24, 2.45) is 10.8 Å². The van der Waals surface area contributed by atoms with Crippen molar-refractivity contribution in [2.45, 2.75) is 78.6 Å². The van der Waals surface area contributed by atoms with Crippen molar-refractivity contribution in [1.82, 2.24) is 0 Å². The van der Waals surface area contributed by atoms with Crippen molar-refractivity contribution in [2.75, 3.05) is 33.0 Å². The Bertz CT molecular complexity index is 593. The first-order valence-electron chi connectivity index (χ1n) is 11.5. The van der Waals surface area contributed by atoms with Crippen LogP contribution in [0.3, 0.4) is 0 Å². The van der Waals surface area contributed by atoms with E-state index in [1.807, 2.05) is 0 Å². The smallest absolute Gasteiger partial charge is 0.0720 e. The zero-order chi connectivity index (χ0) is 20.7. The number of benzene rings is 1. The van der Waals surface area contributed by atoms with E-state index in [2.05, 4.69) is 52.0 Å². The second-order valence-electron chi connectivity index (χ2n) is 9.38. The lowest BCUT2D eigenvalue weighted by Crippen LogP contribution is -2.46. The lowest BCUT2D eigenvalue weighted by molar-refractivity contribution is -0.158. The first kappa shape index (κ1) is 22.7. The van der Waals surface area contributed by atoms with Gasteiger partial charge in [-0.2, -0.15) is 0 Å². The average Bonchev–Trinajstić information content (AvgIpc) is 2.68. The van der Waals surface area contributed by atoms with E-state index in [-0.39, 0.29) is 11.5 Å². The Morgan fingerprint density at radius 3 is 1.93 bits per heavy atom. The van der Waals surface area contributed by atoms with Crippen LogP contribution in [0.1, 0.15) is 64.5 Å². The molecule has 0 spiro atoms. The van der Waals surface area contributed by atoms with E-state index < -0.39 is 0 Å². The molecule has 0 N–H and O–H groups in total. The summed E-state index contributed by atoms with van der Waals surface area (Å²) < 4.78 is 23.2. The summed E-state index contributed by atoms with van der Waals surface area (Å²) in [5, 5.41) is 0.